The Labute approximate surface area is 167 Å². The molecule has 0 saturated carbocycles. The van der Waals surface area contributed by atoms with Crippen molar-refractivity contribution in [2.75, 3.05) is 26.2 Å². The zero-order chi connectivity index (χ0) is 20.6. The smallest absolute Gasteiger partial charge is 0.349 e. The number of para-hydroxylation sites is 1. The van der Waals surface area contributed by atoms with Crippen molar-refractivity contribution in [3.8, 4) is 0 Å². The Bertz CT molecular complexity index is 1230. The molecule has 1 fully saturated rings. The van der Waals surface area contributed by atoms with Gasteiger partial charge in [-0.1, -0.05) is 18.2 Å². The van der Waals surface area contributed by atoms with Crippen LogP contribution in [0.4, 0.5) is 0 Å². The minimum Gasteiger partial charge on any atom is -0.422 e. The maximum Gasteiger partial charge on any atom is 0.349 e. The number of aromatic nitrogens is 2. The van der Waals surface area contributed by atoms with Gasteiger partial charge in [-0.3, -0.25) is 9.48 Å². The van der Waals surface area contributed by atoms with E-state index in [1.807, 2.05) is 0 Å². The molecule has 29 heavy (non-hydrogen) atoms. The van der Waals surface area contributed by atoms with E-state index in [-0.39, 0.29) is 30.1 Å². The van der Waals surface area contributed by atoms with Gasteiger partial charge in [-0.25, -0.2) is 13.2 Å². The van der Waals surface area contributed by atoms with Crippen molar-refractivity contribution in [1.29, 1.82) is 0 Å². The average Bonchev–Trinajstić information content (AvgIpc) is 2.99. The molecule has 0 unspecified atom stereocenters. The van der Waals surface area contributed by atoms with Crippen LogP contribution in [0.5, 0.6) is 0 Å². The number of fused-ring (bicyclic) bond motifs is 1. The Hall–Kier alpha value is -2.98. The number of benzene rings is 1. The fourth-order valence-electron chi connectivity index (χ4n) is 3.40. The third-order valence-corrected chi connectivity index (χ3v) is 6.78. The van der Waals surface area contributed by atoms with E-state index in [4.69, 9.17) is 4.42 Å². The summed E-state index contributed by atoms with van der Waals surface area (Å²) in [6, 6.07) is 8.50. The lowest BCUT2D eigenvalue weighted by Gasteiger charge is -2.21. The van der Waals surface area contributed by atoms with Crippen molar-refractivity contribution in [3.63, 3.8) is 0 Å². The van der Waals surface area contributed by atoms with Crippen LogP contribution in [0.25, 0.3) is 11.0 Å². The summed E-state index contributed by atoms with van der Waals surface area (Å²) in [5.41, 5.74) is -0.330. The average molecular weight is 416 g/mol. The number of hydrogen-bond donors (Lipinski definition) is 0. The molecular formula is C19H20N4O5S. The number of aryl methyl sites for hydroxylation is 1. The molecule has 1 aliphatic heterocycles. The zero-order valence-corrected chi connectivity index (χ0v) is 16.6. The van der Waals surface area contributed by atoms with Crippen LogP contribution >= 0.6 is 0 Å². The largest absolute Gasteiger partial charge is 0.422 e. The summed E-state index contributed by atoms with van der Waals surface area (Å²) < 4.78 is 33.6. The monoisotopic (exact) mass is 416 g/mol. The van der Waals surface area contributed by atoms with Crippen molar-refractivity contribution in [2.24, 2.45) is 7.05 Å². The molecule has 152 valence electrons. The molecule has 0 N–H and O–H groups in total. The molecule has 0 atom stereocenters. The van der Waals surface area contributed by atoms with Gasteiger partial charge in [0.2, 0.25) is 10.0 Å². The highest BCUT2D eigenvalue weighted by atomic mass is 32.2. The van der Waals surface area contributed by atoms with E-state index < -0.39 is 21.6 Å². The number of amides is 1. The first-order chi connectivity index (χ1) is 13.9. The third-order valence-electron chi connectivity index (χ3n) is 4.93. The molecule has 1 aromatic carbocycles. The van der Waals surface area contributed by atoms with Crippen LogP contribution in [-0.4, -0.2) is 59.5 Å². The highest BCUT2D eigenvalue weighted by Gasteiger charge is 2.30. The lowest BCUT2D eigenvalue weighted by molar-refractivity contribution is 0.0760. The van der Waals surface area contributed by atoms with Crippen molar-refractivity contribution < 1.29 is 17.6 Å². The number of carbonyl (C=O) groups excluding carboxylic acids is 1. The molecular weight excluding hydrogens is 396 g/mol. The van der Waals surface area contributed by atoms with Crippen LogP contribution in [0.2, 0.25) is 0 Å². The topological polar surface area (TPSA) is 106 Å². The summed E-state index contributed by atoms with van der Waals surface area (Å²) in [6.45, 7) is 0.962. The van der Waals surface area contributed by atoms with Crippen molar-refractivity contribution in [1.82, 2.24) is 19.0 Å². The van der Waals surface area contributed by atoms with Gasteiger partial charge in [0, 0.05) is 44.8 Å². The maximum atomic E-state index is 12.9. The highest BCUT2D eigenvalue weighted by molar-refractivity contribution is 7.89. The summed E-state index contributed by atoms with van der Waals surface area (Å²) >= 11 is 0. The van der Waals surface area contributed by atoms with Gasteiger partial charge in [0.05, 0.1) is 6.20 Å². The maximum absolute atomic E-state index is 12.9. The van der Waals surface area contributed by atoms with E-state index >= 15 is 0 Å². The van der Waals surface area contributed by atoms with Crippen molar-refractivity contribution >= 4 is 26.9 Å². The second-order valence-corrected chi connectivity index (χ2v) is 8.82. The summed E-state index contributed by atoms with van der Waals surface area (Å²) in [5, 5.41) is 4.58. The SMILES string of the molecule is Cn1cc(S(=O)(=O)N2CCCN(C(=O)c3cc4ccccc4oc3=O)CC2)cn1. The molecule has 4 rings (SSSR count). The Kier molecular flexibility index (Phi) is 4.97. The molecule has 2 aromatic heterocycles. The van der Waals surface area contributed by atoms with E-state index in [1.165, 1.54) is 32.3 Å². The molecule has 0 spiro atoms. The van der Waals surface area contributed by atoms with Crippen LogP contribution in [0, 0.1) is 0 Å². The van der Waals surface area contributed by atoms with Crippen molar-refractivity contribution in [2.45, 2.75) is 11.3 Å². The van der Waals surface area contributed by atoms with Gasteiger partial charge in [0.1, 0.15) is 16.0 Å². The van der Waals surface area contributed by atoms with E-state index in [2.05, 4.69) is 5.10 Å². The normalized spacial score (nSPS) is 16.1. The van der Waals surface area contributed by atoms with Crippen LogP contribution in [0.15, 0.2) is 56.8 Å². The van der Waals surface area contributed by atoms with Crippen LogP contribution in [-0.2, 0) is 17.1 Å². The predicted octanol–water partition coefficient (Wildman–Crippen LogP) is 1.06. The summed E-state index contributed by atoms with van der Waals surface area (Å²) in [4.78, 5) is 26.8. The van der Waals surface area contributed by atoms with E-state index in [1.54, 1.807) is 31.3 Å². The fourth-order valence-corrected chi connectivity index (χ4v) is 4.86. The highest BCUT2D eigenvalue weighted by Crippen LogP contribution is 2.18. The molecule has 1 aliphatic rings. The third kappa shape index (κ3) is 3.68. The van der Waals surface area contributed by atoms with Gasteiger partial charge in [-0.15, -0.1) is 0 Å². The Morgan fingerprint density at radius 3 is 2.69 bits per heavy atom. The molecule has 9 nitrogen and oxygen atoms in total. The first-order valence-corrected chi connectivity index (χ1v) is 10.6. The molecule has 1 amide bonds. The number of sulfonamides is 1. The summed E-state index contributed by atoms with van der Waals surface area (Å²) in [6.07, 6.45) is 3.22. The number of rotatable bonds is 3. The lowest BCUT2D eigenvalue weighted by atomic mass is 10.1. The molecule has 10 heteroatoms. The molecule has 0 aliphatic carbocycles. The number of nitrogens with zero attached hydrogens (tertiary/aromatic N) is 4. The van der Waals surface area contributed by atoms with Gasteiger partial charge >= 0.3 is 5.63 Å². The Morgan fingerprint density at radius 2 is 1.93 bits per heavy atom. The van der Waals surface area contributed by atoms with Crippen molar-refractivity contribution in [3.05, 3.63) is 58.7 Å². The van der Waals surface area contributed by atoms with Crippen LogP contribution < -0.4 is 5.63 Å². The summed E-state index contributed by atoms with van der Waals surface area (Å²) in [5.74, 6) is -0.454. The minimum absolute atomic E-state index is 0.0488. The quantitative estimate of drug-likeness (QED) is 0.591. The van der Waals surface area contributed by atoms with Gasteiger partial charge in [-0.05, 0) is 18.6 Å². The molecule has 0 bridgehead atoms. The number of hydrogen-bond acceptors (Lipinski definition) is 6. The second-order valence-electron chi connectivity index (χ2n) is 6.88. The fraction of sp³-hybridized carbons (Fsp3) is 0.316. The van der Waals surface area contributed by atoms with Gasteiger partial charge < -0.3 is 9.32 Å². The first kappa shape index (κ1) is 19.3. The predicted molar refractivity (Wildman–Crippen MR) is 105 cm³/mol. The van der Waals surface area contributed by atoms with Crippen LogP contribution in [0.3, 0.4) is 0 Å². The summed E-state index contributed by atoms with van der Waals surface area (Å²) in [7, 11) is -2.03. The Balaban J connectivity index is 1.55. The molecule has 3 heterocycles. The molecule has 1 saturated heterocycles. The first-order valence-electron chi connectivity index (χ1n) is 9.17. The molecule has 0 radical (unpaired) electrons. The second kappa shape index (κ2) is 7.45. The van der Waals surface area contributed by atoms with Crippen LogP contribution in [0.1, 0.15) is 16.8 Å². The minimum atomic E-state index is -3.68. The van der Waals surface area contributed by atoms with Gasteiger partial charge in [0.25, 0.3) is 5.91 Å². The van der Waals surface area contributed by atoms with E-state index in [9.17, 15) is 18.0 Å². The molecule has 3 aromatic rings. The number of carbonyl (C=O) groups is 1. The van der Waals surface area contributed by atoms with Gasteiger partial charge in [-0.2, -0.15) is 9.40 Å². The zero-order valence-electron chi connectivity index (χ0n) is 15.8. The van der Waals surface area contributed by atoms with Gasteiger partial charge in [0.15, 0.2) is 0 Å². The lowest BCUT2D eigenvalue weighted by Crippen LogP contribution is -2.38. The van der Waals surface area contributed by atoms with E-state index in [0.29, 0.717) is 23.9 Å². The Morgan fingerprint density at radius 1 is 1.14 bits per heavy atom. The standard InChI is InChI=1S/C19H20N4O5S/c1-21-13-15(12-20-21)29(26,27)23-8-4-7-22(9-10-23)18(24)16-11-14-5-2-3-6-17(14)28-19(16)25/h2-3,5-6,11-13H,4,7-10H2,1H3. The van der Waals surface area contributed by atoms with E-state index in [0.717, 1.165) is 0 Å².